The third kappa shape index (κ3) is 8.81. The van der Waals surface area contributed by atoms with Gasteiger partial charge >= 0.3 is 53.6 Å². The van der Waals surface area contributed by atoms with Crippen LogP contribution in [0, 0.1) is 6.42 Å². The molecule has 0 aromatic heterocycles. The molecule has 0 fully saturated rings. The van der Waals surface area contributed by atoms with E-state index in [1.165, 1.54) is 0 Å². The van der Waals surface area contributed by atoms with Crippen molar-refractivity contribution in [3.05, 3.63) is 30.7 Å². The molecule has 0 amide bonds. The normalized spacial score (nSPS) is 13.2. The minimum absolute atomic E-state index is 1.89. The fourth-order valence-corrected chi connectivity index (χ4v) is 0.321. The quantitative estimate of drug-likeness (QED) is 0.709. The van der Waals surface area contributed by atoms with Crippen LogP contribution in [0.2, 0.25) is 0 Å². The molecule has 0 heterocycles. The molecule has 0 aromatic carbocycles. The number of halogens is 2. The van der Waals surface area contributed by atoms with Crippen LogP contribution in [-0.4, -0.2) is 16.9 Å². The van der Waals surface area contributed by atoms with Gasteiger partial charge in [-0.15, -0.1) is 0 Å². The van der Waals surface area contributed by atoms with Gasteiger partial charge in [0.25, 0.3) is 0 Å². The van der Waals surface area contributed by atoms with Crippen molar-refractivity contribution in [1.82, 2.24) is 2.84 Å². The summed E-state index contributed by atoms with van der Waals surface area (Å²) in [6.45, 7) is 0. The molecule has 0 saturated heterocycles. The number of hydrogen-bond donors (Lipinski definition) is 0. The summed E-state index contributed by atoms with van der Waals surface area (Å²) < 4.78 is 1.89. The zero-order chi connectivity index (χ0) is 8.69. The van der Waals surface area contributed by atoms with Gasteiger partial charge in [0, 0.05) is 6.42 Å². The van der Waals surface area contributed by atoms with Crippen LogP contribution in [-0.2, 0) is 19.7 Å². The number of hydrogen-bond acceptors (Lipinski definition) is 1. The molecule has 0 saturated carbocycles. The Bertz CT molecular complexity index is 127. The van der Waals surface area contributed by atoms with Gasteiger partial charge < -0.3 is 0 Å². The molecule has 0 N–H and O–H groups in total. The van der Waals surface area contributed by atoms with Crippen LogP contribution in [0.5, 0.6) is 0 Å². The minimum atomic E-state index is -1.92. The molecule has 0 aliphatic heterocycles. The maximum Gasteiger partial charge on any atom is 0.00506 e. The van der Waals surface area contributed by atoms with Gasteiger partial charge in [-0.3, -0.25) is 0 Å². The molecule has 1 aliphatic carbocycles. The second-order valence-electron chi connectivity index (χ2n) is 2.10. The number of rotatable bonds is 1. The Morgan fingerprint density at radius 1 is 1.00 bits per heavy atom. The maximum absolute atomic E-state index is 5.50. The fourth-order valence-electron chi connectivity index (χ4n) is 0.321. The molecule has 0 bridgehead atoms. The first kappa shape index (κ1) is 11.9. The van der Waals surface area contributed by atoms with Crippen molar-refractivity contribution in [2.24, 2.45) is 0 Å². The van der Waals surface area contributed by atoms with Gasteiger partial charge in [-0.05, 0) is 0 Å². The van der Waals surface area contributed by atoms with Crippen molar-refractivity contribution in [3.8, 4) is 0 Å². The van der Waals surface area contributed by atoms with Crippen LogP contribution in [0.1, 0.15) is 0 Å². The van der Waals surface area contributed by atoms with Gasteiger partial charge in [0.1, 0.15) is 0 Å². The standard InChI is InChI=1S/C5H5.C2H6N.2ClH.Zr/c1-2-4-5-3-1;1-3-2;;;/h1-5H;1-2H3;2*1H;/q;-1;;;+3/p-2. The van der Waals surface area contributed by atoms with Crippen LogP contribution in [0.25, 0.3) is 0 Å². The minimum Gasteiger partial charge on any atom is -0.0767 e. The summed E-state index contributed by atoms with van der Waals surface area (Å²) in [7, 11) is 14.8. The third-order valence-electron chi connectivity index (χ3n) is 0.894. The van der Waals surface area contributed by atoms with Crippen molar-refractivity contribution in [2.75, 3.05) is 14.1 Å². The average molecular weight is 271 g/mol. The van der Waals surface area contributed by atoms with Crippen LogP contribution in [0.15, 0.2) is 24.3 Å². The van der Waals surface area contributed by atoms with Crippen LogP contribution in [0.3, 0.4) is 0 Å². The molecule has 1 rings (SSSR count). The van der Waals surface area contributed by atoms with Gasteiger partial charge in [0.15, 0.2) is 0 Å². The molecule has 0 unspecified atom stereocenters. The Kier molecular flexibility index (Phi) is 8.17. The molecule has 4 heteroatoms. The van der Waals surface area contributed by atoms with Crippen LogP contribution >= 0.6 is 17.0 Å². The predicted octanol–water partition coefficient (Wildman–Crippen LogP) is 2.71. The van der Waals surface area contributed by atoms with Gasteiger partial charge in [-0.2, -0.15) is 0 Å². The molecule has 0 spiro atoms. The third-order valence-corrected chi connectivity index (χ3v) is 6.56. The summed E-state index contributed by atoms with van der Waals surface area (Å²) in [4.78, 5) is 0. The van der Waals surface area contributed by atoms with Crippen molar-refractivity contribution >= 4 is 17.0 Å². The van der Waals surface area contributed by atoms with E-state index in [9.17, 15) is 0 Å². The maximum atomic E-state index is 5.50. The average Bonchev–Trinajstić information content (AvgIpc) is 2.41. The van der Waals surface area contributed by atoms with Crippen molar-refractivity contribution < 1.29 is 19.7 Å². The number of nitrogens with zero attached hydrogens (tertiary/aromatic N) is 1. The van der Waals surface area contributed by atoms with Gasteiger partial charge in [-0.1, -0.05) is 24.3 Å². The summed E-state index contributed by atoms with van der Waals surface area (Å²) in [5.74, 6) is 0. The Morgan fingerprint density at radius 2 is 1.36 bits per heavy atom. The topological polar surface area (TPSA) is 3.24 Å². The van der Waals surface area contributed by atoms with Gasteiger partial charge in [0.2, 0.25) is 0 Å². The molecule has 0 atom stereocenters. The number of allylic oxidation sites excluding steroid dienone is 4. The van der Waals surface area contributed by atoms with Crippen molar-refractivity contribution in [3.63, 3.8) is 0 Å². The monoisotopic (exact) mass is 269 g/mol. The zero-order valence-electron chi connectivity index (χ0n) is 6.59. The van der Waals surface area contributed by atoms with E-state index in [-0.39, 0.29) is 0 Å². The molecule has 11 heavy (non-hydrogen) atoms. The Balaban J connectivity index is 0.000000183. The van der Waals surface area contributed by atoms with Crippen LogP contribution in [0.4, 0.5) is 0 Å². The molecule has 62 valence electrons. The van der Waals surface area contributed by atoms with Crippen LogP contribution < -0.4 is 0 Å². The van der Waals surface area contributed by atoms with E-state index < -0.39 is 19.7 Å². The summed E-state index contributed by atoms with van der Waals surface area (Å²) >= 11 is -1.92. The summed E-state index contributed by atoms with van der Waals surface area (Å²) in [5, 5.41) is 0. The van der Waals surface area contributed by atoms with E-state index >= 15 is 0 Å². The molecule has 1 radical (unpaired) electrons. The summed E-state index contributed by atoms with van der Waals surface area (Å²) in [6.07, 6.45) is 10.0. The van der Waals surface area contributed by atoms with E-state index in [2.05, 4.69) is 0 Å². The zero-order valence-corrected chi connectivity index (χ0v) is 10.6. The van der Waals surface area contributed by atoms with E-state index in [1.807, 2.05) is 47.7 Å². The van der Waals surface area contributed by atoms with Gasteiger partial charge in [0.05, 0.1) is 0 Å². The van der Waals surface area contributed by atoms with E-state index in [4.69, 9.17) is 17.0 Å². The second kappa shape index (κ2) is 7.55. The van der Waals surface area contributed by atoms with Gasteiger partial charge in [-0.25, -0.2) is 0 Å². The Hall–Kier alpha value is 0.903. The first-order valence-electron chi connectivity index (χ1n) is 3.16. The van der Waals surface area contributed by atoms with E-state index in [0.717, 1.165) is 0 Å². The smallest absolute Gasteiger partial charge is 0.00506 e. The van der Waals surface area contributed by atoms with Crippen molar-refractivity contribution in [2.45, 2.75) is 0 Å². The molecular formula is C7H11Cl2NZr. The first-order chi connectivity index (χ1) is 5.14. The first-order valence-corrected chi connectivity index (χ1v) is 10.6. The predicted molar refractivity (Wildman–Crippen MR) is 48.0 cm³/mol. The second-order valence-corrected chi connectivity index (χ2v) is 10.9. The largest absolute Gasteiger partial charge is 0.0767 e. The molecule has 1 nitrogen and oxygen atoms in total. The Labute approximate surface area is 83.8 Å². The van der Waals surface area contributed by atoms with Crippen molar-refractivity contribution in [1.29, 1.82) is 0 Å². The van der Waals surface area contributed by atoms with E-state index in [0.29, 0.717) is 0 Å². The van der Waals surface area contributed by atoms with E-state index in [1.54, 1.807) is 0 Å². The molecule has 0 aromatic rings. The summed E-state index contributed by atoms with van der Waals surface area (Å²) in [5.41, 5.74) is 0. The summed E-state index contributed by atoms with van der Waals surface area (Å²) in [6, 6.07) is 0. The SMILES string of the molecule is C[N](C)[Zr]([Cl])[Cl].[CH]1C=CC=C1. The Morgan fingerprint density at radius 3 is 1.45 bits per heavy atom. The molecule has 1 aliphatic rings. The fraction of sp³-hybridized carbons (Fsp3) is 0.286. The molecular weight excluding hydrogens is 260 g/mol.